The van der Waals surface area contributed by atoms with Gasteiger partial charge in [0.05, 0.1) is 19.9 Å². The lowest BCUT2D eigenvalue weighted by Gasteiger charge is -2.07. The van der Waals surface area contributed by atoms with Crippen molar-refractivity contribution in [1.82, 2.24) is 5.43 Å². The summed E-state index contributed by atoms with van der Waals surface area (Å²) in [6.07, 6.45) is 3.58. The van der Waals surface area contributed by atoms with Crippen molar-refractivity contribution >= 4 is 17.8 Å². The molecule has 6 heteroatoms. The number of urea groups is 1. The zero-order chi connectivity index (χ0) is 14.3. The van der Waals surface area contributed by atoms with Crippen LogP contribution in [-0.2, 0) is 0 Å². The first-order valence-electron chi connectivity index (χ1n) is 5.56. The first-order chi connectivity index (χ1) is 9.06. The van der Waals surface area contributed by atoms with Crippen LogP contribution >= 0.6 is 0 Å². The van der Waals surface area contributed by atoms with Gasteiger partial charge in [0, 0.05) is 0 Å². The van der Waals surface area contributed by atoms with Crippen LogP contribution in [-0.4, -0.2) is 26.0 Å². The molecule has 0 aliphatic rings. The summed E-state index contributed by atoms with van der Waals surface area (Å²) in [5.41, 5.74) is 8.60. The lowest BCUT2D eigenvalue weighted by Crippen LogP contribution is -2.25. The minimum absolute atomic E-state index is 0.619. The van der Waals surface area contributed by atoms with E-state index in [1.54, 1.807) is 27.2 Å². The van der Waals surface area contributed by atoms with Crippen LogP contribution in [0.4, 0.5) is 4.79 Å². The van der Waals surface area contributed by atoms with E-state index < -0.39 is 6.03 Å². The summed E-state index contributed by atoms with van der Waals surface area (Å²) in [5.74, 6) is 1.31. The minimum atomic E-state index is -0.695. The molecule has 0 aliphatic carbocycles. The van der Waals surface area contributed by atoms with Crippen molar-refractivity contribution < 1.29 is 14.3 Å². The molecule has 0 spiro atoms. The van der Waals surface area contributed by atoms with Gasteiger partial charge >= 0.3 is 6.03 Å². The standard InChI is InChI=1S/C13H17N3O3/c1-9(15-16-13(14)17)4-5-10-6-7-11(18-2)12(8-10)19-3/h4-8H,1-3H3,(H3,14,16,17)/b5-4-,15-9-. The van der Waals surface area contributed by atoms with Crippen molar-refractivity contribution in [2.75, 3.05) is 14.2 Å². The SMILES string of the molecule is COc1ccc(/C=C\C(C)=N/NC(N)=O)cc1OC. The highest BCUT2D eigenvalue weighted by molar-refractivity contribution is 5.96. The zero-order valence-corrected chi connectivity index (χ0v) is 11.1. The largest absolute Gasteiger partial charge is 0.493 e. The smallest absolute Gasteiger partial charge is 0.332 e. The second kappa shape index (κ2) is 7.05. The number of nitrogens with one attached hydrogen (secondary N) is 1. The number of methoxy groups -OCH3 is 2. The highest BCUT2D eigenvalue weighted by atomic mass is 16.5. The Bertz CT molecular complexity index is 510. The average Bonchev–Trinajstić information content (AvgIpc) is 2.42. The number of ether oxygens (including phenoxy) is 2. The lowest BCUT2D eigenvalue weighted by molar-refractivity contribution is 0.249. The first-order valence-corrected chi connectivity index (χ1v) is 5.56. The molecule has 2 amide bonds. The maximum absolute atomic E-state index is 10.5. The number of carbonyl (C=O) groups excluding carboxylic acids is 1. The van der Waals surface area contributed by atoms with Crippen molar-refractivity contribution in [2.24, 2.45) is 10.8 Å². The van der Waals surface area contributed by atoms with E-state index in [1.807, 2.05) is 24.3 Å². The maximum atomic E-state index is 10.5. The fraction of sp³-hybridized carbons (Fsp3) is 0.231. The van der Waals surface area contributed by atoms with E-state index in [4.69, 9.17) is 15.2 Å². The third-order valence-electron chi connectivity index (χ3n) is 2.27. The van der Waals surface area contributed by atoms with E-state index in [9.17, 15) is 4.79 Å². The fourth-order valence-electron chi connectivity index (χ4n) is 1.35. The minimum Gasteiger partial charge on any atom is -0.493 e. The second-order valence-corrected chi connectivity index (χ2v) is 3.68. The van der Waals surface area contributed by atoms with Crippen LogP contribution in [0.2, 0.25) is 0 Å². The Labute approximate surface area is 111 Å². The molecule has 0 bridgehead atoms. The summed E-state index contributed by atoms with van der Waals surface area (Å²) in [7, 11) is 3.16. The van der Waals surface area contributed by atoms with Crippen molar-refractivity contribution in [3.05, 3.63) is 29.8 Å². The van der Waals surface area contributed by atoms with Crippen molar-refractivity contribution in [1.29, 1.82) is 0 Å². The zero-order valence-electron chi connectivity index (χ0n) is 11.1. The van der Waals surface area contributed by atoms with E-state index in [2.05, 4.69) is 10.5 Å². The molecule has 0 unspecified atom stereocenters. The van der Waals surface area contributed by atoms with Crippen molar-refractivity contribution in [3.8, 4) is 11.5 Å². The maximum Gasteiger partial charge on any atom is 0.332 e. The Morgan fingerprint density at radius 2 is 2.00 bits per heavy atom. The van der Waals surface area contributed by atoms with Crippen molar-refractivity contribution in [3.63, 3.8) is 0 Å². The highest BCUT2D eigenvalue weighted by Gasteiger charge is 2.02. The van der Waals surface area contributed by atoms with Gasteiger partial charge in [-0.1, -0.05) is 12.1 Å². The molecule has 0 heterocycles. The molecular weight excluding hydrogens is 246 g/mol. The molecule has 19 heavy (non-hydrogen) atoms. The van der Waals surface area contributed by atoms with Crippen LogP contribution in [0.3, 0.4) is 0 Å². The van der Waals surface area contributed by atoms with Gasteiger partial charge in [0.2, 0.25) is 0 Å². The number of nitrogens with two attached hydrogens (primary N) is 1. The molecule has 3 N–H and O–H groups in total. The Morgan fingerprint density at radius 3 is 2.58 bits per heavy atom. The Kier molecular flexibility index (Phi) is 5.40. The quantitative estimate of drug-likeness (QED) is 0.627. The lowest BCUT2D eigenvalue weighted by atomic mass is 10.1. The number of rotatable bonds is 5. The molecule has 1 aromatic carbocycles. The van der Waals surface area contributed by atoms with Gasteiger partial charge in [-0.3, -0.25) is 0 Å². The molecule has 1 aromatic rings. The molecule has 0 saturated heterocycles. The van der Waals surface area contributed by atoms with E-state index >= 15 is 0 Å². The molecule has 0 radical (unpaired) electrons. The molecule has 0 fully saturated rings. The molecule has 0 saturated carbocycles. The number of benzene rings is 1. The monoisotopic (exact) mass is 263 g/mol. The predicted molar refractivity (Wildman–Crippen MR) is 74.4 cm³/mol. The number of primary amides is 1. The van der Waals surface area contributed by atoms with Crippen LogP contribution in [0.15, 0.2) is 29.4 Å². The average molecular weight is 263 g/mol. The predicted octanol–water partition coefficient (Wildman–Crippen LogP) is 1.76. The summed E-state index contributed by atoms with van der Waals surface area (Å²) < 4.78 is 10.3. The highest BCUT2D eigenvalue weighted by Crippen LogP contribution is 2.27. The number of hydrogen-bond acceptors (Lipinski definition) is 4. The van der Waals surface area contributed by atoms with Gasteiger partial charge < -0.3 is 15.2 Å². The molecule has 102 valence electrons. The van der Waals surface area contributed by atoms with E-state index in [0.29, 0.717) is 17.2 Å². The van der Waals surface area contributed by atoms with Crippen LogP contribution in [0.1, 0.15) is 12.5 Å². The number of allylic oxidation sites excluding steroid dienone is 1. The number of amides is 2. The summed E-state index contributed by atoms with van der Waals surface area (Å²) in [5, 5.41) is 3.76. The van der Waals surface area contributed by atoms with Gasteiger partial charge in [0.1, 0.15) is 0 Å². The normalized spacial score (nSPS) is 11.4. The first kappa shape index (κ1) is 14.6. The summed E-state index contributed by atoms with van der Waals surface area (Å²) in [6, 6.07) is 4.84. The Hall–Kier alpha value is -2.50. The van der Waals surface area contributed by atoms with Gasteiger partial charge in [-0.25, -0.2) is 10.2 Å². The molecule has 6 nitrogen and oxygen atoms in total. The molecule has 0 atom stereocenters. The Morgan fingerprint density at radius 1 is 1.32 bits per heavy atom. The number of hydrogen-bond donors (Lipinski definition) is 2. The van der Waals surface area contributed by atoms with Crippen LogP contribution in [0.5, 0.6) is 11.5 Å². The number of carbonyl (C=O) groups is 1. The molecule has 0 aliphatic heterocycles. The van der Waals surface area contributed by atoms with Gasteiger partial charge in [-0.15, -0.1) is 0 Å². The molecule has 0 aromatic heterocycles. The second-order valence-electron chi connectivity index (χ2n) is 3.68. The van der Waals surface area contributed by atoms with Crippen molar-refractivity contribution in [2.45, 2.75) is 6.92 Å². The van der Waals surface area contributed by atoms with Crippen LogP contribution in [0, 0.1) is 0 Å². The third-order valence-corrected chi connectivity index (χ3v) is 2.27. The van der Waals surface area contributed by atoms with Gasteiger partial charge in [-0.2, -0.15) is 5.10 Å². The van der Waals surface area contributed by atoms with Gasteiger partial charge in [0.15, 0.2) is 11.5 Å². The van der Waals surface area contributed by atoms with E-state index in [1.165, 1.54) is 0 Å². The van der Waals surface area contributed by atoms with Gasteiger partial charge in [-0.05, 0) is 30.7 Å². The van der Waals surface area contributed by atoms with E-state index in [0.717, 1.165) is 5.56 Å². The third kappa shape index (κ3) is 4.71. The van der Waals surface area contributed by atoms with Gasteiger partial charge in [0.25, 0.3) is 0 Å². The summed E-state index contributed by atoms with van der Waals surface area (Å²) >= 11 is 0. The Balaban J connectivity index is 2.82. The van der Waals surface area contributed by atoms with E-state index in [-0.39, 0.29) is 0 Å². The fourth-order valence-corrected chi connectivity index (χ4v) is 1.35. The van der Waals surface area contributed by atoms with Crippen LogP contribution < -0.4 is 20.6 Å². The van der Waals surface area contributed by atoms with Crippen LogP contribution in [0.25, 0.3) is 6.08 Å². The summed E-state index contributed by atoms with van der Waals surface area (Å²) in [4.78, 5) is 10.5. The number of nitrogens with zero attached hydrogens (tertiary/aromatic N) is 1. The topological polar surface area (TPSA) is 85.9 Å². The number of hydrazone groups is 1. The summed E-state index contributed by atoms with van der Waals surface area (Å²) in [6.45, 7) is 1.74. The molecule has 1 rings (SSSR count). The molecular formula is C13H17N3O3.